The van der Waals surface area contributed by atoms with Crippen molar-refractivity contribution in [3.05, 3.63) is 29.8 Å². The molecule has 4 heteroatoms. The Kier molecular flexibility index (Phi) is 6.69. The van der Waals surface area contributed by atoms with E-state index in [0.717, 1.165) is 12.2 Å². The summed E-state index contributed by atoms with van der Waals surface area (Å²) in [5.74, 6) is 2.02. The van der Waals surface area contributed by atoms with Crippen LogP contribution in [0.4, 0.5) is 10.5 Å². The number of benzene rings is 1. The maximum Gasteiger partial charge on any atom is 0.316 e. The molecule has 0 heterocycles. The van der Waals surface area contributed by atoms with Crippen molar-refractivity contribution in [3.8, 4) is 0 Å². The second-order valence-electron chi connectivity index (χ2n) is 6.39. The smallest absolute Gasteiger partial charge is 0.316 e. The molecule has 0 saturated heterocycles. The predicted octanol–water partition coefficient (Wildman–Crippen LogP) is 3.76. The molecule has 2 amide bonds. The van der Waals surface area contributed by atoms with Gasteiger partial charge in [-0.2, -0.15) is 0 Å². The van der Waals surface area contributed by atoms with E-state index in [0.29, 0.717) is 17.8 Å². The molecule has 0 aliphatic rings. The lowest BCUT2D eigenvalue weighted by Gasteiger charge is -2.27. The van der Waals surface area contributed by atoms with Crippen molar-refractivity contribution in [2.24, 2.45) is 23.5 Å². The zero-order chi connectivity index (χ0) is 16.0. The van der Waals surface area contributed by atoms with Gasteiger partial charge in [0.05, 0.1) is 0 Å². The average Bonchev–Trinajstić information content (AvgIpc) is 2.38. The summed E-state index contributed by atoms with van der Waals surface area (Å²) in [6.45, 7) is 12.3. The predicted molar refractivity (Wildman–Crippen MR) is 89.2 cm³/mol. The molecule has 0 aromatic heterocycles. The molecule has 0 radical (unpaired) electrons. The number of rotatable bonds is 7. The fourth-order valence-electron chi connectivity index (χ4n) is 2.67. The molecule has 21 heavy (non-hydrogen) atoms. The van der Waals surface area contributed by atoms with Crippen LogP contribution >= 0.6 is 0 Å². The maximum absolute atomic E-state index is 10.8. The third-order valence-corrected chi connectivity index (χ3v) is 4.05. The van der Waals surface area contributed by atoms with E-state index in [1.165, 1.54) is 5.56 Å². The molecule has 1 aromatic rings. The molecular formula is C17H29N3O. The van der Waals surface area contributed by atoms with E-state index in [2.05, 4.69) is 45.3 Å². The number of hydrogen-bond acceptors (Lipinski definition) is 2. The van der Waals surface area contributed by atoms with Crippen LogP contribution in [0.25, 0.3) is 0 Å². The second kappa shape index (κ2) is 8.03. The number of nitrogens with one attached hydrogen (secondary N) is 2. The number of carbonyl (C=O) groups is 1. The van der Waals surface area contributed by atoms with E-state index >= 15 is 0 Å². The first kappa shape index (κ1) is 17.5. The molecule has 0 aliphatic heterocycles. The van der Waals surface area contributed by atoms with Gasteiger partial charge in [0.2, 0.25) is 0 Å². The second-order valence-corrected chi connectivity index (χ2v) is 6.39. The van der Waals surface area contributed by atoms with Gasteiger partial charge in [0, 0.05) is 11.7 Å². The molecule has 0 fully saturated rings. The molecule has 1 unspecified atom stereocenters. The molecule has 4 nitrogen and oxygen atoms in total. The molecule has 0 saturated carbocycles. The molecular weight excluding hydrogens is 262 g/mol. The van der Waals surface area contributed by atoms with E-state index < -0.39 is 6.03 Å². The summed E-state index contributed by atoms with van der Waals surface area (Å²) in [5, 5.41) is 6.18. The summed E-state index contributed by atoms with van der Waals surface area (Å²) in [7, 11) is 0. The fraction of sp³-hybridized carbons (Fsp3) is 0.588. The summed E-state index contributed by atoms with van der Waals surface area (Å²) < 4.78 is 0. The van der Waals surface area contributed by atoms with Crippen molar-refractivity contribution in [2.75, 3.05) is 11.9 Å². The average molecular weight is 291 g/mol. The van der Waals surface area contributed by atoms with Gasteiger partial charge in [-0.3, -0.25) is 0 Å². The lowest BCUT2D eigenvalue weighted by Crippen LogP contribution is -2.31. The van der Waals surface area contributed by atoms with Crippen LogP contribution in [0.1, 0.15) is 46.2 Å². The molecule has 0 spiro atoms. The van der Waals surface area contributed by atoms with Crippen molar-refractivity contribution in [1.82, 2.24) is 5.32 Å². The monoisotopic (exact) mass is 291 g/mol. The molecule has 0 bridgehead atoms. The quantitative estimate of drug-likeness (QED) is 0.716. The third kappa shape index (κ3) is 5.76. The minimum atomic E-state index is -0.536. The van der Waals surface area contributed by atoms with Gasteiger partial charge in [-0.25, -0.2) is 4.79 Å². The Morgan fingerprint density at radius 1 is 1.05 bits per heavy atom. The summed E-state index contributed by atoms with van der Waals surface area (Å²) in [4.78, 5) is 10.8. The van der Waals surface area contributed by atoms with Crippen molar-refractivity contribution < 1.29 is 4.79 Å². The Hall–Kier alpha value is -1.55. The Bertz CT molecular complexity index is 432. The zero-order valence-corrected chi connectivity index (χ0v) is 13.8. The first-order valence-electron chi connectivity index (χ1n) is 7.71. The van der Waals surface area contributed by atoms with Gasteiger partial charge in [0.15, 0.2) is 0 Å². The lowest BCUT2D eigenvalue weighted by molar-refractivity contribution is 0.259. The number of anilines is 1. The van der Waals surface area contributed by atoms with E-state index in [4.69, 9.17) is 5.73 Å². The minimum absolute atomic E-state index is 0.285. The molecule has 1 rings (SSSR count). The highest BCUT2D eigenvalue weighted by Crippen LogP contribution is 2.22. The summed E-state index contributed by atoms with van der Waals surface area (Å²) in [5.41, 5.74) is 7.03. The number of amides is 2. The van der Waals surface area contributed by atoms with Gasteiger partial charge in [-0.15, -0.1) is 0 Å². The Labute approximate surface area is 128 Å². The van der Waals surface area contributed by atoms with Crippen LogP contribution in [0.3, 0.4) is 0 Å². The van der Waals surface area contributed by atoms with Crippen LogP contribution in [0, 0.1) is 17.8 Å². The van der Waals surface area contributed by atoms with Gasteiger partial charge in [-0.1, -0.05) is 39.8 Å². The molecule has 118 valence electrons. The minimum Gasteiger partial charge on any atom is -0.351 e. The third-order valence-electron chi connectivity index (χ3n) is 4.05. The van der Waals surface area contributed by atoms with Crippen molar-refractivity contribution in [1.29, 1.82) is 0 Å². The Balaban J connectivity index is 2.59. The van der Waals surface area contributed by atoms with Crippen LogP contribution < -0.4 is 16.4 Å². The van der Waals surface area contributed by atoms with Gasteiger partial charge in [-0.05, 0) is 48.9 Å². The zero-order valence-electron chi connectivity index (χ0n) is 13.8. The van der Waals surface area contributed by atoms with Crippen LogP contribution in [0.5, 0.6) is 0 Å². The maximum atomic E-state index is 10.8. The molecule has 0 aliphatic carbocycles. The largest absolute Gasteiger partial charge is 0.351 e. The fourth-order valence-corrected chi connectivity index (χ4v) is 2.67. The SMILES string of the molecule is CC(NCC(C(C)C)C(C)C)c1ccc(NC(N)=O)cc1. The van der Waals surface area contributed by atoms with Crippen molar-refractivity contribution in [2.45, 2.75) is 40.7 Å². The number of primary amides is 1. The number of nitrogens with two attached hydrogens (primary N) is 1. The van der Waals surface area contributed by atoms with Gasteiger partial charge < -0.3 is 16.4 Å². The molecule has 1 atom stereocenters. The van der Waals surface area contributed by atoms with Crippen molar-refractivity contribution in [3.63, 3.8) is 0 Å². The first-order chi connectivity index (χ1) is 9.81. The standard InChI is InChI=1S/C17H29N3O/c1-11(2)16(12(3)4)10-19-13(5)14-6-8-15(9-7-14)20-17(18)21/h6-9,11-13,16,19H,10H2,1-5H3,(H3,18,20,21). The first-order valence-corrected chi connectivity index (χ1v) is 7.71. The van der Waals surface area contributed by atoms with Crippen LogP contribution in [-0.2, 0) is 0 Å². The highest BCUT2D eigenvalue weighted by Gasteiger charge is 2.18. The Morgan fingerprint density at radius 2 is 1.57 bits per heavy atom. The normalized spacial score (nSPS) is 13.0. The van der Waals surface area contributed by atoms with Crippen molar-refractivity contribution >= 4 is 11.7 Å². The van der Waals surface area contributed by atoms with Gasteiger partial charge >= 0.3 is 6.03 Å². The van der Waals surface area contributed by atoms with Crippen LogP contribution in [0.15, 0.2) is 24.3 Å². The van der Waals surface area contributed by atoms with Crippen LogP contribution in [-0.4, -0.2) is 12.6 Å². The highest BCUT2D eigenvalue weighted by molar-refractivity contribution is 5.87. The Morgan fingerprint density at radius 3 is 2.00 bits per heavy atom. The number of carbonyl (C=O) groups excluding carboxylic acids is 1. The van der Waals surface area contributed by atoms with E-state index in [1.54, 1.807) is 0 Å². The summed E-state index contributed by atoms with van der Waals surface area (Å²) in [6, 6.07) is 7.53. The summed E-state index contributed by atoms with van der Waals surface area (Å²) >= 11 is 0. The molecule has 1 aromatic carbocycles. The van der Waals surface area contributed by atoms with Gasteiger partial charge in [0.1, 0.15) is 0 Å². The number of hydrogen-bond donors (Lipinski definition) is 3. The van der Waals surface area contributed by atoms with Crippen LogP contribution in [0.2, 0.25) is 0 Å². The van der Waals surface area contributed by atoms with Gasteiger partial charge in [0.25, 0.3) is 0 Å². The topological polar surface area (TPSA) is 67.2 Å². The lowest BCUT2D eigenvalue weighted by atomic mass is 9.85. The highest BCUT2D eigenvalue weighted by atomic mass is 16.2. The molecule has 4 N–H and O–H groups in total. The summed E-state index contributed by atoms with van der Waals surface area (Å²) in [6.07, 6.45) is 0. The van der Waals surface area contributed by atoms with E-state index in [9.17, 15) is 4.79 Å². The van der Waals surface area contributed by atoms with E-state index in [1.807, 2.05) is 24.3 Å². The van der Waals surface area contributed by atoms with E-state index in [-0.39, 0.29) is 6.04 Å². The number of urea groups is 1.